The van der Waals surface area contributed by atoms with Crippen molar-refractivity contribution in [2.24, 2.45) is 11.8 Å². The molecule has 3 unspecified atom stereocenters. The Labute approximate surface area is 208 Å². The summed E-state index contributed by atoms with van der Waals surface area (Å²) in [5.74, 6) is -1.54. The minimum atomic E-state index is -0.836. The highest BCUT2D eigenvalue weighted by Gasteiger charge is 2.33. The largest absolute Gasteiger partial charge is 0.457 e. The van der Waals surface area contributed by atoms with E-state index in [1.807, 2.05) is 6.92 Å². The second kappa shape index (κ2) is 13.5. The monoisotopic (exact) mass is 495 g/mol. The van der Waals surface area contributed by atoms with Gasteiger partial charge in [0, 0.05) is 24.9 Å². The van der Waals surface area contributed by atoms with E-state index in [4.69, 9.17) is 4.74 Å². The van der Waals surface area contributed by atoms with Crippen LogP contribution in [0.25, 0.3) is 0 Å². The van der Waals surface area contributed by atoms with Gasteiger partial charge >= 0.3 is 5.97 Å². The number of amides is 2. The maximum atomic E-state index is 12.9. The first-order chi connectivity index (χ1) is 16.3. The molecule has 3 fully saturated rings. The molecule has 0 aromatic carbocycles. The van der Waals surface area contributed by atoms with Gasteiger partial charge < -0.3 is 20.3 Å². The normalized spacial score (nSPS) is 24.3. The lowest BCUT2D eigenvalue weighted by Gasteiger charge is -2.38. The lowest BCUT2D eigenvalue weighted by molar-refractivity contribution is -0.154. The third-order valence-electron chi connectivity index (χ3n) is 7.51. The van der Waals surface area contributed by atoms with Crippen molar-refractivity contribution < 1.29 is 23.9 Å². The van der Waals surface area contributed by atoms with E-state index in [9.17, 15) is 19.2 Å². The SMILES string of the molecule is CC(S)CCC(=O)NC(CC1CCNC1=O)C(=O)COC(=O)C1CCN(C2CCCCC2)CC1. The van der Waals surface area contributed by atoms with E-state index in [1.165, 1.54) is 32.1 Å². The zero-order valence-corrected chi connectivity index (χ0v) is 21.3. The summed E-state index contributed by atoms with van der Waals surface area (Å²) >= 11 is 4.29. The van der Waals surface area contributed by atoms with Gasteiger partial charge in [-0.25, -0.2) is 0 Å². The molecule has 8 nitrogen and oxygen atoms in total. The minimum Gasteiger partial charge on any atom is -0.457 e. The van der Waals surface area contributed by atoms with E-state index < -0.39 is 6.04 Å². The molecule has 1 aliphatic carbocycles. The third-order valence-corrected chi connectivity index (χ3v) is 7.76. The molecule has 3 atom stereocenters. The fourth-order valence-corrected chi connectivity index (χ4v) is 5.47. The van der Waals surface area contributed by atoms with Crippen molar-refractivity contribution in [3.8, 4) is 0 Å². The molecule has 2 heterocycles. The van der Waals surface area contributed by atoms with Crippen LogP contribution in [0, 0.1) is 11.8 Å². The molecule has 0 radical (unpaired) electrons. The average Bonchev–Trinajstić information content (AvgIpc) is 3.25. The first kappa shape index (κ1) is 27.0. The van der Waals surface area contributed by atoms with Crippen LogP contribution < -0.4 is 10.6 Å². The lowest BCUT2D eigenvalue weighted by Crippen LogP contribution is -2.46. The van der Waals surface area contributed by atoms with Crippen LogP contribution >= 0.6 is 12.6 Å². The van der Waals surface area contributed by atoms with Crippen molar-refractivity contribution in [3.63, 3.8) is 0 Å². The lowest BCUT2D eigenvalue weighted by atomic mass is 9.90. The number of hydrogen-bond donors (Lipinski definition) is 3. The summed E-state index contributed by atoms with van der Waals surface area (Å²) in [5, 5.41) is 5.60. The number of thiol groups is 1. The molecule has 2 amide bonds. The van der Waals surface area contributed by atoms with E-state index in [1.54, 1.807) is 0 Å². The molecule has 2 N–H and O–H groups in total. The first-order valence-corrected chi connectivity index (χ1v) is 13.5. The van der Waals surface area contributed by atoms with Crippen molar-refractivity contribution in [2.45, 2.75) is 94.9 Å². The van der Waals surface area contributed by atoms with Crippen LogP contribution in [0.4, 0.5) is 0 Å². The maximum Gasteiger partial charge on any atom is 0.309 e. The molecular formula is C25H41N3O5S. The molecular weight excluding hydrogens is 454 g/mol. The molecule has 9 heteroatoms. The highest BCUT2D eigenvalue weighted by molar-refractivity contribution is 7.80. The third kappa shape index (κ3) is 8.26. The summed E-state index contributed by atoms with van der Waals surface area (Å²) < 4.78 is 5.41. The predicted molar refractivity (Wildman–Crippen MR) is 132 cm³/mol. The molecule has 2 aliphatic heterocycles. The summed E-state index contributed by atoms with van der Waals surface area (Å²) in [5.41, 5.74) is 0. The number of carbonyl (C=O) groups excluding carboxylic acids is 4. The number of ether oxygens (including phenoxy) is 1. The average molecular weight is 496 g/mol. The molecule has 0 bridgehead atoms. The zero-order valence-electron chi connectivity index (χ0n) is 20.4. The van der Waals surface area contributed by atoms with Crippen LogP contribution in [0.5, 0.6) is 0 Å². The molecule has 1 saturated carbocycles. The van der Waals surface area contributed by atoms with Gasteiger partial charge in [0.15, 0.2) is 12.4 Å². The van der Waals surface area contributed by atoms with Crippen molar-refractivity contribution in [1.82, 2.24) is 15.5 Å². The fraction of sp³-hybridized carbons (Fsp3) is 0.840. The van der Waals surface area contributed by atoms with E-state index in [2.05, 4.69) is 28.2 Å². The number of rotatable bonds is 11. The molecule has 3 rings (SSSR count). The molecule has 2 saturated heterocycles. The Morgan fingerprint density at radius 3 is 2.44 bits per heavy atom. The van der Waals surface area contributed by atoms with Gasteiger partial charge in [-0.15, -0.1) is 0 Å². The van der Waals surface area contributed by atoms with E-state index in [-0.39, 0.29) is 60.1 Å². The Kier molecular flexibility index (Phi) is 10.7. The van der Waals surface area contributed by atoms with Gasteiger partial charge in [-0.1, -0.05) is 26.2 Å². The predicted octanol–water partition coefficient (Wildman–Crippen LogP) is 2.25. The van der Waals surface area contributed by atoms with Crippen LogP contribution in [0.3, 0.4) is 0 Å². The van der Waals surface area contributed by atoms with Gasteiger partial charge in [0.1, 0.15) is 0 Å². The number of nitrogens with zero attached hydrogens (tertiary/aromatic N) is 1. The van der Waals surface area contributed by atoms with Crippen LogP contribution in [-0.4, -0.2) is 72.0 Å². The maximum absolute atomic E-state index is 12.9. The molecule has 192 valence electrons. The first-order valence-electron chi connectivity index (χ1n) is 13.0. The molecule has 0 aromatic rings. The van der Waals surface area contributed by atoms with Crippen molar-refractivity contribution in [1.29, 1.82) is 0 Å². The van der Waals surface area contributed by atoms with Crippen LogP contribution in [-0.2, 0) is 23.9 Å². The highest BCUT2D eigenvalue weighted by atomic mass is 32.1. The number of hydrogen-bond acceptors (Lipinski definition) is 7. The number of piperidine rings is 1. The van der Waals surface area contributed by atoms with Crippen molar-refractivity contribution in [2.75, 3.05) is 26.2 Å². The van der Waals surface area contributed by atoms with Crippen molar-refractivity contribution in [3.05, 3.63) is 0 Å². The fourth-order valence-electron chi connectivity index (χ4n) is 5.34. The number of ketones is 1. The van der Waals surface area contributed by atoms with E-state index in [0.717, 1.165) is 25.9 Å². The summed E-state index contributed by atoms with van der Waals surface area (Å²) in [7, 11) is 0. The molecule has 34 heavy (non-hydrogen) atoms. The topological polar surface area (TPSA) is 105 Å². The standard InChI is InChI=1S/C25H41N3O5S/c1-17(34)7-8-23(30)27-21(15-19-9-12-26-24(19)31)22(29)16-33-25(32)18-10-13-28(14-11-18)20-5-3-2-4-6-20/h17-21,34H,2-16H2,1H3,(H,26,31)(H,27,30). The second-order valence-corrected chi connectivity index (χ2v) is 11.1. The van der Waals surface area contributed by atoms with Crippen LogP contribution in [0.2, 0.25) is 0 Å². The number of likely N-dealkylation sites (tertiary alicyclic amines) is 1. The second-order valence-electron chi connectivity index (χ2n) is 10.2. The van der Waals surface area contributed by atoms with E-state index >= 15 is 0 Å². The molecule has 0 spiro atoms. The minimum absolute atomic E-state index is 0.0750. The summed E-state index contributed by atoms with van der Waals surface area (Å²) in [6.07, 6.45) is 9.64. The van der Waals surface area contributed by atoms with E-state index in [0.29, 0.717) is 25.4 Å². The Balaban J connectivity index is 1.46. The quantitative estimate of drug-likeness (QED) is 0.300. The number of carbonyl (C=O) groups is 4. The van der Waals surface area contributed by atoms with Crippen LogP contribution in [0.15, 0.2) is 0 Å². The van der Waals surface area contributed by atoms with Gasteiger partial charge in [-0.05, 0) is 63.3 Å². The Hall–Kier alpha value is -1.61. The van der Waals surface area contributed by atoms with Gasteiger partial charge in [0.25, 0.3) is 0 Å². The van der Waals surface area contributed by atoms with Crippen molar-refractivity contribution >= 4 is 36.2 Å². The summed E-state index contributed by atoms with van der Waals surface area (Å²) in [6, 6.07) is -0.187. The Morgan fingerprint density at radius 2 is 1.82 bits per heavy atom. The van der Waals surface area contributed by atoms with Gasteiger partial charge in [0.2, 0.25) is 11.8 Å². The Morgan fingerprint density at radius 1 is 1.12 bits per heavy atom. The van der Waals surface area contributed by atoms with Crippen LogP contribution in [0.1, 0.15) is 77.6 Å². The summed E-state index contributed by atoms with van der Waals surface area (Å²) in [4.78, 5) is 52.4. The van der Waals surface area contributed by atoms with Gasteiger partial charge in [0.05, 0.1) is 12.0 Å². The van der Waals surface area contributed by atoms with Gasteiger partial charge in [-0.2, -0.15) is 12.6 Å². The molecule has 3 aliphatic rings. The highest BCUT2D eigenvalue weighted by Crippen LogP contribution is 2.27. The van der Waals surface area contributed by atoms with Gasteiger partial charge in [-0.3, -0.25) is 19.2 Å². The summed E-state index contributed by atoms with van der Waals surface area (Å²) in [6.45, 7) is 3.91. The number of Topliss-reactive ketones (excluding diaryl/α,β-unsaturated/α-hetero) is 1. The smallest absolute Gasteiger partial charge is 0.309 e. The zero-order chi connectivity index (χ0) is 24.5. The number of esters is 1. The number of nitrogens with one attached hydrogen (secondary N) is 2. The molecule has 0 aromatic heterocycles. The Bertz CT molecular complexity index is 717.